The molecule has 0 amide bonds. The van der Waals surface area contributed by atoms with Crippen LogP contribution in [-0.2, 0) is 19.9 Å². The molecule has 0 saturated carbocycles. The lowest BCUT2D eigenvalue weighted by molar-refractivity contribution is 0.560. The van der Waals surface area contributed by atoms with Gasteiger partial charge in [0.25, 0.3) is 0 Å². The van der Waals surface area contributed by atoms with E-state index in [1.165, 1.54) is 18.2 Å². The Kier molecular flexibility index (Phi) is 3.30. The Morgan fingerprint density at radius 2 is 2.14 bits per heavy atom. The molecule has 9 heteroatoms. The number of sulfone groups is 1. The van der Waals surface area contributed by atoms with Crippen LogP contribution < -0.4 is 4.72 Å². The van der Waals surface area contributed by atoms with E-state index in [4.69, 9.17) is 4.42 Å². The number of nitrogens with zero attached hydrogens (tertiary/aromatic N) is 1. The van der Waals surface area contributed by atoms with Gasteiger partial charge in [-0.05, 0) is 24.6 Å². The molecule has 1 fully saturated rings. The molecule has 0 radical (unpaired) electrons. The fourth-order valence-electron chi connectivity index (χ4n) is 2.37. The summed E-state index contributed by atoms with van der Waals surface area (Å²) in [7, 11) is -6.91. The average Bonchev–Trinajstić information content (AvgIpc) is 2.89. The summed E-state index contributed by atoms with van der Waals surface area (Å²) in [6.45, 7) is 1.68. The molecule has 1 unspecified atom stereocenters. The lowest BCUT2D eigenvalue weighted by atomic mass is 10.3. The third kappa shape index (κ3) is 2.94. The summed E-state index contributed by atoms with van der Waals surface area (Å²) in [5, 5.41) is 0. The van der Waals surface area contributed by atoms with E-state index in [2.05, 4.69) is 9.71 Å². The number of oxazole rings is 1. The van der Waals surface area contributed by atoms with Crippen LogP contribution in [0.15, 0.2) is 27.5 Å². The maximum absolute atomic E-state index is 12.3. The molecule has 1 N–H and O–H groups in total. The number of hydrogen-bond acceptors (Lipinski definition) is 6. The van der Waals surface area contributed by atoms with Gasteiger partial charge in [0, 0.05) is 13.0 Å². The number of aryl methyl sites for hydroxylation is 1. The molecule has 3 rings (SSSR count). The molecule has 7 nitrogen and oxygen atoms in total. The van der Waals surface area contributed by atoms with E-state index in [9.17, 15) is 16.8 Å². The van der Waals surface area contributed by atoms with Crippen LogP contribution in [0.5, 0.6) is 0 Å². The SMILES string of the molecule is Cc1nc2cc(S(=O)(=O)NC3CCS(=O)(=O)C3)ccc2o1. The van der Waals surface area contributed by atoms with E-state index in [0.717, 1.165) is 0 Å². The van der Waals surface area contributed by atoms with Gasteiger partial charge in [-0.1, -0.05) is 0 Å². The van der Waals surface area contributed by atoms with Gasteiger partial charge in [-0.15, -0.1) is 0 Å². The lowest BCUT2D eigenvalue weighted by Crippen LogP contribution is -2.35. The highest BCUT2D eigenvalue weighted by atomic mass is 32.2. The van der Waals surface area contributed by atoms with E-state index >= 15 is 0 Å². The van der Waals surface area contributed by atoms with E-state index in [-0.39, 0.29) is 16.4 Å². The van der Waals surface area contributed by atoms with Crippen molar-refractivity contribution in [3.05, 3.63) is 24.1 Å². The second-order valence-electron chi connectivity index (χ2n) is 5.08. The van der Waals surface area contributed by atoms with Crippen molar-refractivity contribution in [1.82, 2.24) is 9.71 Å². The number of fused-ring (bicyclic) bond motifs is 1. The van der Waals surface area contributed by atoms with Crippen molar-refractivity contribution in [2.45, 2.75) is 24.3 Å². The molecule has 1 aliphatic heterocycles. The molecule has 2 heterocycles. The van der Waals surface area contributed by atoms with Crippen molar-refractivity contribution in [2.75, 3.05) is 11.5 Å². The highest BCUT2D eigenvalue weighted by molar-refractivity contribution is 7.92. The Balaban J connectivity index is 1.89. The average molecular weight is 330 g/mol. The largest absolute Gasteiger partial charge is 0.441 e. The van der Waals surface area contributed by atoms with Crippen molar-refractivity contribution in [1.29, 1.82) is 0 Å². The van der Waals surface area contributed by atoms with Crippen molar-refractivity contribution in [3.63, 3.8) is 0 Å². The van der Waals surface area contributed by atoms with Gasteiger partial charge >= 0.3 is 0 Å². The second-order valence-corrected chi connectivity index (χ2v) is 9.03. The van der Waals surface area contributed by atoms with Gasteiger partial charge in [-0.3, -0.25) is 0 Å². The number of aromatic nitrogens is 1. The van der Waals surface area contributed by atoms with Gasteiger partial charge in [0.2, 0.25) is 10.0 Å². The summed E-state index contributed by atoms with van der Waals surface area (Å²) in [5.74, 6) is 0.314. The number of hydrogen-bond donors (Lipinski definition) is 1. The van der Waals surface area contributed by atoms with Gasteiger partial charge in [0.1, 0.15) is 5.52 Å². The molecule has 2 aromatic rings. The highest BCUT2D eigenvalue weighted by Gasteiger charge is 2.31. The Hall–Kier alpha value is -1.45. The Morgan fingerprint density at radius 1 is 1.38 bits per heavy atom. The molecule has 0 bridgehead atoms. The molecule has 1 saturated heterocycles. The van der Waals surface area contributed by atoms with Crippen LogP contribution >= 0.6 is 0 Å². The molecular weight excluding hydrogens is 316 g/mol. The Morgan fingerprint density at radius 3 is 2.81 bits per heavy atom. The van der Waals surface area contributed by atoms with Crippen LogP contribution in [0.25, 0.3) is 11.1 Å². The fourth-order valence-corrected chi connectivity index (χ4v) is 5.43. The number of nitrogens with one attached hydrogen (secondary N) is 1. The van der Waals surface area contributed by atoms with Crippen molar-refractivity contribution in [3.8, 4) is 0 Å². The third-order valence-corrected chi connectivity index (χ3v) is 6.62. The first kappa shape index (κ1) is 14.5. The van der Waals surface area contributed by atoms with E-state index in [1.54, 1.807) is 6.92 Å². The summed E-state index contributed by atoms with van der Waals surface area (Å²) in [5.41, 5.74) is 0.962. The van der Waals surface area contributed by atoms with Gasteiger partial charge in [0.05, 0.1) is 16.4 Å². The normalized spacial score (nSPS) is 21.9. The maximum atomic E-state index is 12.3. The summed E-state index contributed by atoms with van der Waals surface area (Å²) in [6.07, 6.45) is 0.298. The van der Waals surface area contributed by atoms with Crippen molar-refractivity contribution >= 4 is 31.0 Å². The zero-order valence-electron chi connectivity index (χ0n) is 11.2. The minimum atomic E-state index is -3.77. The first-order valence-corrected chi connectivity index (χ1v) is 9.66. The van der Waals surface area contributed by atoms with Crippen molar-refractivity contribution < 1.29 is 21.3 Å². The highest BCUT2D eigenvalue weighted by Crippen LogP contribution is 2.21. The van der Waals surface area contributed by atoms with Crippen molar-refractivity contribution in [2.24, 2.45) is 0 Å². The van der Waals surface area contributed by atoms with Crippen LogP contribution in [0, 0.1) is 6.92 Å². The zero-order chi connectivity index (χ0) is 15.3. The van der Waals surface area contributed by atoms with Gasteiger partial charge in [-0.2, -0.15) is 0 Å². The molecule has 1 aromatic heterocycles. The topological polar surface area (TPSA) is 106 Å². The molecular formula is C12H14N2O5S2. The summed E-state index contributed by atoms with van der Waals surface area (Å²) < 4.78 is 55.1. The molecule has 114 valence electrons. The second kappa shape index (κ2) is 4.79. The predicted octanol–water partition coefficient (Wildman–Crippen LogP) is 0.602. The van der Waals surface area contributed by atoms with Gasteiger partial charge in [0.15, 0.2) is 21.3 Å². The lowest BCUT2D eigenvalue weighted by Gasteiger charge is -2.11. The van der Waals surface area contributed by atoms with Crippen LogP contribution in [0.3, 0.4) is 0 Å². The van der Waals surface area contributed by atoms with Gasteiger partial charge < -0.3 is 4.42 Å². The minimum absolute atomic E-state index is 0.0156. The number of sulfonamides is 1. The van der Waals surface area contributed by atoms with Gasteiger partial charge in [-0.25, -0.2) is 26.5 Å². The zero-order valence-corrected chi connectivity index (χ0v) is 12.9. The summed E-state index contributed by atoms with van der Waals surface area (Å²) >= 11 is 0. The predicted molar refractivity (Wildman–Crippen MR) is 76.1 cm³/mol. The smallest absolute Gasteiger partial charge is 0.240 e. The van der Waals surface area contributed by atoms with Crippen LogP contribution in [0.4, 0.5) is 0 Å². The third-order valence-electron chi connectivity index (χ3n) is 3.33. The molecule has 21 heavy (non-hydrogen) atoms. The summed E-state index contributed by atoms with van der Waals surface area (Å²) in [6, 6.07) is 3.79. The quantitative estimate of drug-likeness (QED) is 0.883. The fraction of sp³-hybridized carbons (Fsp3) is 0.417. The van der Waals surface area contributed by atoms with Crippen LogP contribution in [-0.4, -0.2) is 39.4 Å². The standard InChI is InChI=1S/C12H14N2O5S2/c1-8-13-11-6-10(2-3-12(11)19-8)21(17,18)14-9-4-5-20(15,16)7-9/h2-3,6,9,14H,4-5,7H2,1H3. The minimum Gasteiger partial charge on any atom is -0.441 e. The maximum Gasteiger partial charge on any atom is 0.240 e. The molecule has 1 atom stereocenters. The van der Waals surface area contributed by atoms with E-state index in [1.807, 2.05) is 0 Å². The van der Waals surface area contributed by atoms with Crippen LogP contribution in [0.1, 0.15) is 12.3 Å². The Labute approximate surface area is 122 Å². The first-order chi connectivity index (χ1) is 9.75. The molecule has 1 aromatic carbocycles. The molecule has 0 aliphatic carbocycles. The first-order valence-electron chi connectivity index (χ1n) is 6.35. The Bertz CT molecular complexity index is 899. The number of rotatable bonds is 3. The van der Waals surface area contributed by atoms with E-state index < -0.39 is 25.9 Å². The monoisotopic (exact) mass is 330 g/mol. The molecule has 0 spiro atoms. The number of benzene rings is 1. The molecule has 1 aliphatic rings. The van der Waals surface area contributed by atoms with E-state index in [0.29, 0.717) is 23.4 Å². The van der Waals surface area contributed by atoms with Crippen LogP contribution in [0.2, 0.25) is 0 Å². The summed E-state index contributed by atoms with van der Waals surface area (Å²) in [4.78, 5) is 4.14.